The Bertz CT molecular complexity index is 1220. The van der Waals surface area contributed by atoms with E-state index in [1.54, 1.807) is 51.1 Å². The molecule has 0 aliphatic carbocycles. The fraction of sp³-hybridized carbons (Fsp3) is 0.286. The van der Waals surface area contributed by atoms with Gasteiger partial charge in [-0.25, -0.2) is 22.8 Å². The highest BCUT2D eigenvalue weighted by molar-refractivity contribution is 7.89. The number of hydrogen-bond donors (Lipinski definition) is 2. The predicted molar refractivity (Wildman–Crippen MR) is 115 cm³/mol. The number of pyridine rings is 1. The molecule has 2 aromatic heterocycles. The van der Waals surface area contributed by atoms with Crippen molar-refractivity contribution in [3.05, 3.63) is 76.3 Å². The van der Waals surface area contributed by atoms with Crippen molar-refractivity contribution in [1.82, 2.24) is 19.5 Å². The minimum Gasteiger partial charge on any atom is -0.468 e. The number of methoxy groups -OCH3 is 1. The Morgan fingerprint density at radius 2 is 1.84 bits per heavy atom. The number of sulfonamides is 1. The zero-order valence-corrected chi connectivity index (χ0v) is 18.4. The summed E-state index contributed by atoms with van der Waals surface area (Å²) >= 11 is 0. The molecule has 3 rings (SSSR count). The molecule has 0 amide bonds. The molecule has 3 aromatic rings. The fourth-order valence-electron chi connectivity index (χ4n) is 3.09. The molecule has 1 aromatic carbocycles. The fourth-order valence-corrected chi connectivity index (χ4v) is 4.45. The van der Waals surface area contributed by atoms with E-state index in [2.05, 4.69) is 14.8 Å². The third kappa shape index (κ3) is 4.92. The van der Waals surface area contributed by atoms with Gasteiger partial charge in [0.05, 0.1) is 12.7 Å². The Hall–Kier alpha value is -3.24. The van der Waals surface area contributed by atoms with Gasteiger partial charge in [0, 0.05) is 17.9 Å². The van der Waals surface area contributed by atoms with E-state index in [0.717, 1.165) is 4.68 Å². The lowest BCUT2D eigenvalue weighted by Crippen LogP contribution is -2.40. The van der Waals surface area contributed by atoms with Gasteiger partial charge in [-0.05, 0) is 38.5 Å². The van der Waals surface area contributed by atoms with Gasteiger partial charge in [0.25, 0.3) is 5.56 Å². The van der Waals surface area contributed by atoms with Gasteiger partial charge in [-0.1, -0.05) is 30.3 Å². The normalized spacial score (nSPS) is 13.0. The van der Waals surface area contributed by atoms with Crippen molar-refractivity contribution < 1.29 is 17.9 Å². The van der Waals surface area contributed by atoms with E-state index >= 15 is 0 Å². The lowest BCUT2D eigenvalue weighted by Gasteiger charge is -2.20. The van der Waals surface area contributed by atoms with Gasteiger partial charge in [0.2, 0.25) is 10.0 Å². The van der Waals surface area contributed by atoms with E-state index in [0.29, 0.717) is 5.56 Å². The first-order chi connectivity index (χ1) is 14.5. The van der Waals surface area contributed by atoms with Crippen molar-refractivity contribution in [3.63, 3.8) is 0 Å². The summed E-state index contributed by atoms with van der Waals surface area (Å²) in [6.07, 6.45) is 2.59. The molecule has 0 spiro atoms. The van der Waals surface area contributed by atoms with Crippen LogP contribution >= 0.6 is 0 Å². The highest BCUT2D eigenvalue weighted by atomic mass is 32.2. The number of esters is 1. The average molecular weight is 445 g/mol. The number of nitrogens with one attached hydrogen (secondary N) is 2. The molecule has 10 heteroatoms. The molecule has 31 heavy (non-hydrogen) atoms. The number of ether oxygens (including phenoxy) is 1. The van der Waals surface area contributed by atoms with Crippen LogP contribution in [-0.2, 0) is 19.6 Å². The van der Waals surface area contributed by atoms with Crippen LogP contribution in [0.4, 0.5) is 0 Å². The first-order valence-corrected chi connectivity index (χ1v) is 11.0. The minimum atomic E-state index is -3.76. The molecule has 1 unspecified atom stereocenters. The van der Waals surface area contributed by atoms with Crippen molar-refractivity contribution in [2.24, 2.45) is 0 Å². The summed E-state index contributed by atoms with van der Waals surface area (Å²) in [7, 11) is -2.50. The maximum absolute atomic E-state index is 13.0. The Morgan fingerprint density at radius 1 is 1.16 bits per heavy atom. The van der Waals surface area contributed by atoms with E-state index in [1.807, 2.05) is 0 Å². The second-order valence-corrected chi connectivity index (χ2v) is 9.63. The molecule has 9 nitrogen and oxygen atoms in total. The summed E-state index contributed by atoms with van der Waals surface area (Å²) in [5.74, 6) is -1.30. The summed E-state index contributed by atoms with van der Waals surface area (Å²) in [4.78, 5) is 29.5. The van der Waals surface area contributed by atoms with Gasteiger partial charge >= 0.3 is 5.97 Å². The lowest BCUT2D eigenvalue weighted by atomic mass is 9.93. The number of rotatable bonds is 6. The quantitative estimate of drug-likeness (QED) is 0.560. The summed E-state index contributed by atoms with van der Waals surface area (Å²) in [5, 5.41) is 2.78. The second kappa shape index (κ2) is 8.48. The summed E-state index contributed by atoms with van der Waals surface area (Å²) in [6.45, 7) is 5.20. The average Bonchev–Trinajstić information content (AvgIpc) is 3.08. The van der Waals surface area contributed by atoms with Crippen LogP contribution in [0.25, 0.3) is 5.82 Å². The molecular formula is C21H24N4O5S. The van der Waals surface area contributed by atoms with Crippen LogP contribution in [0.1, 0.15) is 37.8 Å². The number of H-pyrrole nitrogens is 1. The maximum atomic E-state index is 13.0. The predicted octanol–water partition coefficient (Wildman–Crippen LogP) is 1.94. The van der Waals surface area contributed by atoms with Crippen molar-refractivity contribution >= 4 is 16.0 Å². The highest BCUT2D eigenvalue weighted by Gasteiger charge is 2.28. The molecule has 2 N–H and O–H groups in total. The van der Waals surface area contributed by atoms with E-state index in [-0.39, 0.29) is 16.3 Å². The monoisotopic (exact) mass is 444 g/mol. The van der Waals surface area contributed by atoms with E-state index in [9.17, 15) is 18.0 Å². The zero-order chi connectivity index (χ0) is 22.8. The second-order valence-electron chi connectivity index (χ2n) is 7.94. The third-order valence-electron chi connectivity index (χ3n) is 4.38. The van der Waals surface area contributed by atoms with Crippen molar-refractivity contribution in [3.8, 4) is 5.82 Å². The first-order valence-electron chi connectivity index (χ1n) is 9.47. The van der Waals surface area contributed by atoms with Crippen LogP contribution in [0.2, 0.25) is 0 Å². The van der Waals surface area contributed by atoms with Crippen LogP contribution in [0, 0.1) is 0 Å². The molecule has 0 bridgehead atoms. The van der Waals surface area contributed by atoms with Crippen LogP contribution in [-0.4, -0.2) is 41.8 Å². The van der Waals surface area contributed by atoms with Gasteiger partial charge in [0.15, 0.2) is 5.82 Å². The number of nitrogens with zero attached hydrogens (tertiary/aromatic N) is 2. The first kappa shape index (κ1) is 22.4. The molecule has 0 fully saturated rings. The standard InChI is InChI=1S/C21H24N4O5S/c1-21(2,3)24-31(28,29)15-10-11-17(22-12-15)25-19(26)16(13-23-25)18(20(27)30-4)14-8-6-5-7-9-14/h5-13,18,23-24H,1-4H3. The molecule has 0 saturated heterocycles. The van der Waals surface area contributed by atoms with Gasteiger partial charge in [-0.3, -0.25) is 14.7 Å². The molecule has 0 radical (unpaired) electrons. The van der Waals surface area contributed by atoms with Gasteiger partial charge in [0.1, 0.15) is 10.8 Å². The van der Waals surface area contributed by atoms with Crippen LogP contribution in [0.5, 0.6) is 0 Å². The van der Waals surface area contributed by atoms with Gasteiger partial charge in [-0.2, -0.15) is 0 Å². The zero-order valence-electron chi connectivity index (χ0n) is 17.6. The molecular weight excluding hydrogens is 420 g/mol. The Balaban J connectivity index is 1.98. The van der Waals surface area contributed by atoms with Gasteiger partial charge < -0.3 is 4.74 Å². The van der Waals surface area contributed by atoms with Crippen molar-refractivity contribution in [2.75, 3.05) is 7.11 Å². The molecule has 2 heterocycles. The number of aromatic nitrogens is 3. The largest absolute Gasteiger partial charge is 0.468 e. The number of carbonyl (C=O) groups excluding carboxylic acids is 1. The van der Waals surface area contributed by atoms with Crippen LogP contribution < -0.4 is 10.3 Å². The summed E-state index contributed by atoms with van der Waals surface area (Å²) in [6, 6.07) is 11.6. The minimum absolute atomic E-state index is 0.0253. The highest BCUT2D eigenvalue weighted by Crippen LogP contribution is 2.24. The van der Waals surface area contributed by atoms with Crippen LogP contribution in [0.3, 0.4) is 0 Å². The van der Waals surface area contributed by atoms with Crippen molar-refractivity contribution in [1.29, 1.82) is 0 Å². The summed E-state index contributed by atoms with van der Waals surface area (Å²) in [5.41, 5.74) is -0.343. The number of carbonyl (C=O) groups is 1. The molecule has 0 aliphatic rings. The molecule has 164 valence electrons. The number of benzene rings is 1. The number of aromatic amines is 1. The van der Waals surface area contributed by atoms with E-state index in [4.69, 9.17) is 4.74 Å². The Kier molecular flexibility index (Phi) is 6.14. The SMILES string of the molecule is COC(=O)C(c1ccccc1)c1c[nH]n(-c2ccc(S(=O)(=O)NC(C)(C)C)cn2)c1=O. The molecule has 0 saturated carbocycles. The van der Waals surface area contributed by atoms with E-state index < -0.39 is 33.0 Å². The Labute approximate surface area is 180 Å². The third-order valence-corrected chi connectivity index (χ3v) is 6.12. The summed E-state index contributed by atoms with van der Waals surface area (Å²) < 4.78 is 33.5. The van der Waals surface area contributed by atoms with E-state index in [1.165, 1.54) is 31.6 Å². The van der Waals surface area contributed by atoms with Crippen molar-refractivity contribution in [2.45, 2.75) is 37.1 Å². The smallest absolute Gasteiger partial charge is 0.317 e. The lowest BCUT2D eigenvalue weighted by molar-refractivity contribution is -0.141. The topological polar surface area (TPSA) is 123 Å². The number of hydrogen-bond acceptors (Lipinski definition) is 6. The maximum Gasteiger partial charge on any atom is 0.317 e. The molecule has 1 atom stereocenters. The Morgan fingerprint density at radius 3 is 2.39 bits per heavy atom. The van der Waals surface area contributed by atoms with Crippen LogP contribution in [0.15, 0.2) is 64.5 Å². The van der Waals surface area contributed by atoms with Gasteiger partial charge in [-0.15, -0.1) is 0 Å². The molecule has 0 aliphatic heterocycles.